The van der Waals surface area contributed by atoms with E-state index in [1.165, 1.54) is 6.42 Å². The minimum Gasteiger partial charge on any atom is -0.341 e. The van der Waals surface area contributed by atoms with Crippen molar-refractivity contribution in [2.24, 2.45) is 0 Å². The topological polar surface area (TPSA) is 94.0 Å². The van der Waals surface area contributed by atoms with Gasteiger partial charge in [-0.3, -0.25) is 4.79 Å². The third kappa shape index (κ3) is 5.20. The van der Waals surface area contributed by atoms with Gasteiger partial charge in [-0.05, 0) is 35.2 Å². The zero-order valence-electron chi connectivity index (χ0n) is 15.2. The van der Waals surface area contributed by atoms with Crippen LogP contribution >= 0.6 is 11.3 Å². The lowest BCUT2D eigenvalue weighted by Gasteiger charge is -2.24. The van der Waals surface area contributed by atoms with Gasteiger partial charge in [-0.2, -0.15) is 5.26 Å². The van der Waals surface area contributed by atoms with E-state index < -0.39 is 6.04 Å². The monoisotopic (exact) mass is 384 g/mol. The molecular weight excluding hydrogens is 360 g/mol. The first-order valence-electron chi connectivity index (χ1n) is 9.34. The van der Waals surface area contributed by atoms with E-state index in [1.807, 2.05) is 35.7 Å². The molecule has 0 saturated heterocycles. The van der Waals surface area contributed by atoms with Gasteiger partial charge in [0, 0.05) is 17.2 Å². The molecule has 1 saturated carbocycles. The first kappa shape index (κ1) is 19.2. The Hall–Kier alpha value is -2.59. The van der Waals surface area contributed by atoms with Crippen molar-refractivity contribution in [3.63, 3.8) is 0 Å². The molecule has 6 nitrogen and oxygen atoms in total. The molecule has 142 valence electrons. The Balaban J connectivity index is 1.69. The van der Waals surface area contributed by atoms with Crippen molar-refractivity contribution in [3.8, 4) is 6.07 Å². The molecule has 2 aromatic rings. The van der Waals surface area contributed by atoms with E-state index in [-0.39, 0.29) is 24.5 Å². The molecule has 1 atom stereocenters. The maximum Gasteiger partial charge on any atom is 0.315 e. The van der Waals surface area contributed by atoms with Crippen LogP contribution in [0, 0.1) is 11.3 Å². The Labute approximate surface area is 162 Å². The quantitative estimate of drug-likeness (QED) is 0.668. The fourth-order valence-corrected chi connectivity index (χ4v) is 4.48. The van der Waals surface area contributed by atoms with Gasteiger partial charge in [0.05, 0.1) is 6.07 Å². The molecule has 0 radical (unpaired) electrons. The van der Waals surface area contributed by atoms with Gasteiger partial charge in [0.1, 0.15) is 12.6 Å². The Bertz CT molecular complexity index is 836. The van der Waals surface area contributed by atoms with Crippen LogP contribution in [0.5, 0.6) is 0 Å². The number of amides is 3. The van der Waals surface area contributed by atoms with E-state index in [0.29, 0.717) is 6.42 Å². The molecule has 3 rings (SSSR count). The Morgan fingerprint density at radius 1 is 1.22 bits per heavy atom. The highest BCUT2D eigenvalue weighted by atomic mass is 32.1. The summed E-state index contributed by atoms with van der Waals surface area (Å²) in [5.74, 6) is -0.342. The number of nitriles is 1. The molecule has 7 heteroatoms. The van der Waals surface area contributed by atoms with Gasteiger partial charge in [-0.15, -0.1) is 11.3 Å². The first-order valence-corrected chi connectivity index (χ1v) is 10.2. The first-order chi connectivity index (χ1) is 13.2. The van der Waals surface area contributed by atoms with Crippen LogP contribution < -0.4 is 16.0 Å². The molecule has 3 amide bonds. The average Bonchev–Trinajstić information content (AvgIpc) is 3.09. The molecule has 27 heavy (non-hydrogen) atoms. The van der Waals surface area contributed by atoms with Crippen molar-refractivity contribution in [1.29, 1.82) is 5.26 Å². The number of rotatable bonds is 6. The van der Waals surface area contributed by atoms with E-state index in [9.17, 15) is 9.59 Å². The number of carbonyl (C=O) groups excluding carboxylic acids is 2. The van der Waals surface area contributed by atoms with E-state index in [1.54, 1.807) is 11.3 Å². The van der Waals surface area contributed by atoms with Crippen LogP contribution in [-0.2, 0) is 11.2 Å². The third-order valence-electron chi connectivity index (χ3n) is 4.89. The molecule has 1 aliphatic rings. The van der Waals surface area contributed by atoms with Crippen molar-refractivity contribution in [2.75, 3.05) is 6.54 Å². The molecule has 0 bridgehead atoms. The highest BCUT2D eigenvalue weighted by Gasteiger charge is 2.24. The summed E-state index contributed by atoms with van der Waals surface area (Å²) < 4.78 is 1.15. The van der Waals surface area contributed by atoms with E-state index in [0.717, 1.165) is 41.3 Å². The lowest BCUT2D eigenvalue weighted by molar-refractivity contribution is -0.122. The number of nitrogens with zero attached hydrogens (tertiary/aromatic N) is 1. The maximum absolute atomic E-state index is 12.5. The largest absolute Gasteiger partial charge is 0.341 e. The molecular formula is C20H24N4O2S. The van der Waals surface area contributed by atoms with E-state index >= 15 is 0 Å². The third-order valence-corrected chi connectivity index (χ3v) is 5.90. The number of nitrogens with one attached hydrogen (secondary N) is 3. The Morgan fingerprint density at radius 3 is 2.78 bits per heavy atom. The highest BCUT2D eigenvalue weighted by Crippen LogP contribution is 2.26. The molecule has 1 aromatic carbocycles. The number of hydrogen-bond acceptors (Lipinski definition) is 4. The van der Waals surface area contributed by atoms with Crippen LogP contribution in [0.2, 0.25) is 0 Å². The summed E-state index contributed by atoms with van der Waals surface area (Å²) in [4.78, 5) is 24.9. The van der Waals surface area contributed by atoms with Crippen molar-refractivity contribution in [3.05, 3.63) is 35.2 Å². The molecule has 0 spiro atoms. The lowest BCUT2D eigenvalue weighted by Crippen LogP contribution is -2.53. The second-order valence-electron chi connectivity index (χ2n) is 6.84. The second kappa shape index (κ2) is 9.38. The maximum atomic E-state index is 12.5. The minimum absolute atomic E-state index is 0.0777. The molecule has 1 aliphatic carbocycles. The number of thiophene rings is 1. The van der Waals surface area contributed by atoms with Gasteiger partial charge in [0.15, 0.2) is 0 Å². The van der Waals surface area contributed by atoms with Crippen LogP contribution in [0.1, 0.15) is 37.7 Å². The van der Waals surface area contributed by atoms with Gasteiger partial charge in [-0.1, -0.05) is 37.5 Å². The average molecular weight is 385 g/mol. The van der Waals surface area contributed by atoms with Crippen LogP contribution in [0.15, 0.2) is 29.6 Å². The van der Waals surface area contributed by atoms with Gasteiger partial charge >= 0.3 is 6.03 Å². The molecule has 1 unspecified atom stereocenters. The molecule has 1 aromatic heterocycles. The predicted octanol–water partition coefficient (Wildman–Crippen LogP) is 3.08. The Morgan fingerprint density at radius 2 is 2.00 bits per heavy atom. The van der Waals surface area contributed by atoms with Crippen LogP contribution in [0.3, 0.4) is 0 Å². The lowest BCUT2D eigenvalue weighted by atomic mass is 9.96. The van der Waals surface area contributed by atoms with Gasteiger partial charge < -0.3 is 16.0 Å². The number of benzene rings is 1. The summed E-state index contributed by atoms with van der Waals surface area (Å²) in [5.41, 5.74) is 1.02. The zero-order valence-corrected chi connectivity index (χ0v) is 16.0. The van der Waals surface area contributed by atoms with Gasteiger partial charge in [-0.25, -0.2) is 4.79 Å². The smallest absolute Gasteiger partial charge is 0.315 e. The van der Waals surface area contributed by atoms with E-state index in [2.05, 4.69) is 16.0 Å². The fourth-order valence-electron chi connectivity index (χ4n) is 3.50. The van der Waals surface area contributed by atoms with Crippen molar-refractivity contribution in [1.82, 2.24) is 16.0 Å². The minimum atomic E-state index is -0.722. The summed E-state index contributed by atoms with van der Waals surface area (Å²) in [5, 5.41) is 20.2. The number of fused-ring (bicyclic) bond motifs is 1. The summed E-state index contributed by atoms with van der Waals surface area (Å²) >= 11 is 1.62. The molecule has 0 aliphatic heterocycles. The Kier molecular flexibility index (Phi) is 6.66. The SMILES string of the molecule is N#CCNC(=O)C(Cc1csc2ccccc12)NC(=O)NC1CCCCC1. The van der Waals surface area contributed by atoms with Crippen molar-refractivity contribution >= 4 is 33.4 Å². The summed E-state index contributed by atoms with van der Waals surface area (Å²) in [6.45, 7) is -0.0777. The summed E-state index contributed by atoms with van der Waals surface area (Å²) in [7, 11) is 0. The number of hydrogen-bond donors (Lipinski definition) is 3. The van der Waals surface area contributed by atoms with Crippen molar-refractivity contribution < 1.29 is 9.59 Å². The highest BCUT2D eigenvalue weighted by molar-refractivity contribution is 7.17. The van der Waals surface area contributed by atoms with E-state index in [4.69, 9.17) is 5.26 Å². The number of carbonyl (C=O) groups is 2. The summed E-state index contributed by atoms with van der Waals surface area (Å²) in [6, 6.07) is 9.04. The van der Waals surface area contributed by atoms with Crippen LogP contribution in [-0.4, -0.2) is 30.6 Å². The predicted molar refractivity (Wildman–Crippen MR) is 106 cm³/mol. The summed E-state index contributed by atoms with van der Waals surface area (Å²) in [6.07, 6.45) is 5.81. The second-order valence-corrected chi connectivity index (χ2v) is 7.75. The van der Waals surface area contributed by atoms with Crippen LogP contribution in [0.25, 0.3) is 10.1 Å². The van der Waals surface area contributed by atoms with Gasteiger partial charge in [0.2, 0.25) is 5.91 Å². The fraction of sp³-hybridized carbons (Fsp3) is 0.450. The standard InChI is InChI=1S/C20H24N4O2S/c21-10-11-22-19(25)17(24-20(26)23-15-6-2-1-3-7-15)12-14-13-27-18-9-5-4-8-16(14)18/h4-5,8-9,13,15,17H,1-3,6-7,11-12H2,(H,22,25)(H2,23,24,26). The normalized spacial score (nSPS) is 15.7. The molecule has 1 heterocycles. The zero-order chi connectivity index (χ0) is 19.1. The molecule has 1 fully saturated rings. The molecule has 3 N–H and O–H groups in total. The van der Waals surface area contributed by atoms with Gasteiger partial charge in [0.25, 0.3) is 0 Å². The van der Waals surface area contributed by atoms with Crippen LogP contribution in [0.4, 0.5) is 4.79 Å². The number of urea groups is 1. The van der Waals surface area contributed by atoms with Crippen molar-refractivity contribution in [2.45, 2.75) is 50.6 Å².